The number of rotatable bonds is 4. The van der Waals surface area contributed by atoms with Crippen LogP contribution in [0.4, 0.5) is 5.95 Å². The first-order valence-corrected chi connectivity index (χ1v) is 6.58. The quantitative estimate of drug-likeness (QED) is 0.768. The van der Waals surface area contributed by atoms with E-state index in [1.54, 1.807) is 7.11 Å². The average Bonchev–Trinajstić information content (AvgIpc) is 3.15. The Morgan fingerprint density at radius 1 is 1.24 bits per heavy atom. The summed E-state index contributed by atoms with van der Waals surface area (Å²) in [5.74, 6) is 2.06. The van der Waals surface area contributed by atoms with Crippen molar-refractivity contribution in [3.05, 3.63) is 42.0 Å². The molecule has 0 aliphatic heterocycles. The minimum Gasteiger partial charge on any atom is -0.453 e. The summed E-state index contributed by atoms with van der Waals surface area (Å²) in [4.78, 5) is 4.04. The van der Waals surface area contributed by atoms with Gasteiger partial charge in [0.2, 0.25) is 5.95 Å². The molecule has 0 aliphatic carbocycles. The summed E-state index contributed by atoms with van der Waals surface area (Å²) in [6.45, 7) is 2.00. The number of nitrogens with two attached hydrogens (primary N) is 1. The number of nitrogens with one attached hydrogen (secondary N) is 1. The second kappa shape index (κ2) is 5.41. The Morgan fingerprint density at radius 3 is 2.76 bits per heavy atom. The Morgan fingerprint density at radius 2 is 2.05 bits per heavy atom. The van der Waals surface area contributed by atoms with Crippen LogP contribution in [-0.4, -0.2) is 22.3 Å². The van der Waals surface area contributed by atoms with Gasteiger partial charge in [0.05, 0.1) is 6.10 Å². The predicted octanol–water partition coefficient (Wildman–Crippen LogP) is 3.02. The highest BCUT2D eigenvalue weighted by molar-refractivity contribution is 5.62. The van der Waals surface area contributed by atoms with Crippen molar-refractivity contribution in [1.29, 1.82) is 0 Å². The third-order valence-electron chi connectivity index (χ3n) is 3.34. The van der Waals surface area contributed by atoms with Gasteiger partial charge in [-0.05, 0) is 30.7 Å². The standard InChI is InChI=1S/C15H16N4O2/c1-9(20-2)10-4-3-5-11(8-10)12-6-7-13(21-12)14-17-15(16)19-18-14/h3-9H,1-2H3,(H3,16,17,18,19). The molecular formula is C15H16N4O2. The molecule has 1 unspecified atom stereocenters. The number of aromatic amines is 1. The van der Waals surface area contributed by atoms with Crippen molar-refractivity contribution in [2.45, 2.75) is 13.0 Å². The van der Waals surface area contributed by atoms with Gasteiger partial charge in [-0.3, -0.25) is 5.10 Å². The van der Waals surface area contributed by atoms with Crippen LogP contribution in [0, 0.1) is 0 Å². The minimum atomic E-state index is 0.0356. The molecule has 3 aromatic rings. The molecule has 6 heteroatoms. The van der Waals surface area contributed by atoms with Crippen molar-refractivity contribution in [3.8, 4) is 22.9 Å². The van der Waals surface area contributed by atoms with Crippen LogP contribution in [0.2, 0.25) is 0 Å². The molecule has 0 bridgehead atoms. The zero-order valence-corrected chi connectivity index (χ0v) is 11.8. The van der Waals surface area contributed by atoms with E-state index in [1.807, 2.05) is 43.3 Å². The highest BCUT2D eigenvalue weighted by atomic mass is 16.5. The summed E-state index contributed by atoms with van der Waals surface area (Å²) in [7, 11) is 1.69. The number of H-pyrrole nitrogens is 1. The van der Waals surface area contributed by atoms with E-state index < -0.39 is 0 Å². The summed E-state index contributed by atoms with van der Waals surface area (Å²) in [5, 5.41) is 6.51. The smallest absolute Gasteiger partial charge is 0.239 e. The molecule has 6 nitrogen and oxygen atoms in total. The van der Waals surface area contributed by atoms with Gasteiger partial charge in [0, 0.05) is 12.7 Å². The van der Waals surface area contributed by atoms with Crippen molar-refractivity contribution in [3.63, 3.8) is 0 Å². The lowest BCUT2D eigenvalue weighted by Gasteiger charge is -2.10. The molecule has 3 N–H and O–H groups in total. The van der Waals surface area contributed by atoms with E-state index in [1.165, 1.54) is 0 Å². The van der Waals surface area contributed by atoms with Gasteiger partial charge in [-0.1, -0.05) is 18.2 Å². The maximum atomic E-state index is 5.81. The molecule has 0 saturated carbocycles. The van der Waals surface area contributed by atoms with Crippen LogP contribution in [0.15, 0.2) is 40.8 Å². The number of anilines is 1. The van der Waals surface area contributed by atoms with Gasteiger partial charge in [-0.2, -0.15) is 4.98 Å². The molecule has 0 fully saturated rings. The molecule has 2 heterocycles. The molecule has 2 aromatic heterocycles. The molecule has 0 radical (unpaired) electrons. The van der Waals surface area contributed by atoms with E-state index in [-0.39, 0.29) is 12.1 Å². The summed E-state index contributed by atoms with van der Waals surface area (Å²) >= 11 is 0. The molecule has 0 amide bonds. The molecule has 0 spiro atoms. The number of methoxy groups -OCH3 is 1. The largest absolute Gasteiger partial charge is 0.453 e. The zero-order valence-electron chi connectivity index (χ0n) is 11.8. The lowest BCUT2D eigenvalue weighted by atomic mass is 10.1. The van der Waals surface area contributed by atoms with Gasteiger partial charge in [0.15, 0.2) is 11.6 Å². The fourth-order valence-electron chi connectivity index (χ4n) is 2.09. The fourth-order valence-corrected chi connectivity index (χ4v) is 2.09. The Kier molecular flexibility index (Phi) is 3.45. The van der Waals surface area contributed by atoms with Crippen LogP contribution in [0.5, 0.6) is 0 Å². The van der Waals surface area contributed by atoms with Crippen molar-refractivity contribution in [2.24, 2.45) is 0 Å². The third-order valence-corrected chi connectivity index (χ3v) is 3.34. The van der Waals surface area contributed by atoms with Crippen LogP contribution < -0.4 is 5.73 Å². The van der Waals surface area contributed by atoms with Crippen LogP contribution in [0.3, 0.4) is 0 Å². The van der Waals surface area contributed by atoms with Crippen molar-refractivity contribution in [1.82, 2.24) is 15.2 Å². The van der Waals surface area contributed by atoms with E-state index in [4.69, 9.17) is 14.9 Å². The topological polar surface area (TPSA) is 90.0 Å². The zero-order chi connectivity index (χ0) is 14.8. The van der Waals surface area contributed by atoms with Crippen LogP contribution in [-0.2, 0) is 4.74 Å². The third kappa shape index (κ3) is 2.66. The molecule has 108 valence electrons. The number of nitrogens with zero attached hydrogens (tertiary/aromatic N) is 2. The van der Waals surface area contributed by atoms with Crippen LogP contribution >= 0.6 is 0 Å². The summed E-state index contributed by atoms with van der Waals surface area (Å²) < 4.78 is 11.1. The second-order valence-corrected chi connectivity index (χ2v) is 4.71. The van der Waals surface area contributed by atoms with Crippen molar-refractivity contribution in [2.75, 3.05) is 12.8 Å². The minimum absolute atomic E-state index is 0.0356. The van der Waals surface area contributed by atoms with Gasteiger partial charge in [-0.15, -0.1) is 5.10 Å². The Labute approximate surface area is 122 Å². The van der Waals surface area contributed by atoms with Gasteiger partial charge >= 0.3 is 0 Å². The molecule has 0 saturated heterocycles. The number of ether oxygens (including phenoxy) is 1. The lowest BCUT2D eigenvalue weighted by Crippen LogP contribution is -1.95. The summed E-state index contributed by atoms with van der Waals surface area (Å²) in [6, 6.07) is 11.8. The molecule has 1 aromatic carbocycles. The Bertz CT molecular complexity index is 747. The first kappa shape index (κ1) is 13.4. The number of nitrogen functional groups attached to an aromatic ring is 1. The van der Waals surface area contributed by atoms with Crippen LogP contribution in [0.25, 0.3) is 22.9 Å². The van der Waals surface area contributed by atoms with E-state index in [2.05, 4.69) is 15.2 Å². The summed E-state index contributed by atoms with van der Waals surface area (Å²) in [6.07, 6.45) is 0.0356. The van der Waals surface area contributed by atoms with E-state index in [9.17, 15) is 0 Å². The van der Waals surface area contributed by atoms with E-state index in [0.717, 1.165) is 16.9 Å². The number of hydrogen-bond acceptors (Lipinski definition) is 5. The van der Waals surface area contributed by atoms with Gasteiger partial charge < -0.3 is 14.9 Å². The van der Waals surface area contributed by atoms with Crippen LogP contribution in [0.1, 0.15) is 18.6 Å². The SMILES string of the molecule is COC(C)c1cccc(-c2ccc(-c3nc(N)n[nH]3)o2)c1. The van der Waals surface area contributed by atoms with Crippen molar-refractivity contribution >= 4 is 5.95 Å². The molecule has 21 heavy (non-hydrogen) atoms. The second-order valence-electron chi connectivity index (χ2n) is 4.71. The predicted molar refractivity (Wildman–Crippen MR) is 79.4 cm³/mol. The Hall–Kier alpha value is -2.60. The van der Waals surface area contributed by atoms with E-state index in [0.29, 0.717) is 11.6 Å². The molecule has 1 atom stereocenters. The number of furan rings is 1. The maximum Gasteiger partial charge on any atom is 0.239 e. The fraction of sp³-hybridized carbons (Fsp3) is 0.200. The van der Waals surface area contributed by atoms with Gasteiger partial charge in [-0.25, -0.2) is 0 Å². The molecule has 3 rings (SSSR count). The van der Waals surface area contributed by atoms with Gasteiger partial charge in [0.25, 0.3) is 0 Å². The number of benzene rings is 1. The van der Waals surface area contributed by atoms with Gasteiger partial charge in [0.1, 0.15) is 5.76 Å². The highest BCUT2D eigenvalue weighted by Crippen LogP contribution is 2.29. The average molecular weight is 284 g/mol. The van der Waals surface area contributed by atoms with Crippen molar-refractivity contribution < 1.29 is 9.15 Å². The lowest BCUT2D eigenvalue weighted by molar-refractivity contribution is 0.119. The summed E-state index contributed by atoms with van der Waals surface area (Å²) in [5.41, 5.74) is 7.57. The first-order chi connectivity index (χ1) is 10.2. The molecular weight excluding hydrogens is 268 g/mol. The highest BCUT2D eigenvalue weighted by Gasteiger charge is 2.11. The maximum absolute atomic E-state index is 5.81. The number of hydrogen-bond donors (Lipinski definition) is 2. The van der Waals surface area contributed by atoms with E-state index >= 15 is 0 Å². The monoisotopic (exact) mass is 284 g/mol. The normalized spacial score (nSPS) is 12.5. The molecule has 0 aliphatic rings. The first-order valence-electron chi connectivity index (χ1n) is 6.58. The number of aromatic nitrogens is 3. The Balaban J connectivity index is 1.93.